The highest BCUT2D eigenvalue weighted by Crippen LogP contribution is 2.22. The Morgan fingerprint density at radius 1 is 1.06 bits per heavy atom. The fourth-order valence-corrected chi connectivity index (χ4v) is 1.63. The topological polar surface area (TPSA) is 33.2 Å². The molecule has 0 saturated heterocycles. The van der Waals surface area contributed by atoms with Gasteiger partial charge in [0, 0.05) is 43.3 Å². The summed E-state index contributed by atoms with van der Waals surface area (Å²) in [6.07, 6.45) is 4.13. The first-order chi connectivity index (χ1) is 8.20. The zero-order chi connectivity index (χ0) is 12.3. The molecule has 0 aliphatic rings. The molecule has 0 aliphatic carbocycles. The van der Waals surface area contributed by atoms with E-state index in [9.17, 15) is 4.79 Å². The lowest BCUT2D eigenvalue weighted by molar-refractivity contribution is 0.112. The molecule has 1 aromatic heterocycles. The van der Waals surface area contributed by atoms with Crippen molar-refractivity contribution < 1.29 is 4.79 Å². The summed E-state index contributed by atoms with van der Waals surface area (Å²) in [4.78, 5) is 16.8. The van der Waals surface area contributed by atoms with Crippen LogP contribution >= 0.6 is 0 Å². The number of hydrogen-bond donors (Lipinski definition) is 0. The summed E-state index contributed by atoms with van der Waals surface area (Å²) < 4.78 is 0. The van der Waals surface area contributed by atoms with Crippen LogP contribution in [0.3, 0.4) is 0 Å². The number of carbonyl (C=O) groups is 1. The Balaban J connectivity index is 2.36. The van der Waals surface area contributed by atoms with Crippen LogP contribution in [0.5, 0.6) is 0 Å². The standard InChI is InChI=1S/C14H14N2O/c1-16(2)14-5-3-12(4-6-14)13-7-11(10-17)8-15-9-13/h3-10H,1-2H3. The van der Waals surface area contributed by atoms with Gasteiger partial charge in [0.05, 0.1) is 0 Å². The number of rotatable bonds is 3. The zero-order valence-electron chi connectivity index (χ0n) is 9.92. The van der Waals surface area contributed by atoms with Crippen molar-refractivity contribution in [2.45, 2.75) is 0 Å². The van der Waals surface area contributed by atoms with Crippen molar-refractivity contribution in [1.29, 1.82) is 0 Å². The van der Waals surface area contributed by atoms with Gasteiger partial charge in [-0.15, -0.1) is 0 Å². The maximum Gasteiger partial charge on any atom is 0.151 e. The molecule has 0 radical (unpaired) electrons. The van der Waals surface area contributed by atoms with Crippen LogP contribution in [0.25, 0.3) is 11.1 Å². The monoisotopic (exact) mass is 226 g/mol. The van der Waals surface area contributed by atoms with E-state index in [0.29, 0.717) is 5.56 Å². The van der Waals surface area contributed by atoms with Gasteiger partial charge < -0.3 is 4.90 Å². The van der Waals surface area contributed by atoms with E-state index in [1.165, 1.54) is 0 Å². The first-order valence-corrected chi connectivity index (χ1v) is 5.38. The van der Waals surface area contributed by atoms with Crippen LogP contribution in [-0.4, -0.2) is 25.4 Å². The molecule has 0 bridgehead atoms. The van der Waals surface area contributed by atoms with Gasteiger partial charge >= 0.3 is 0 Å². The third-order valence-corrected chi connectivity index (χ3v) is 2.61. The van der Waals surface area contributed by atoms with Gasteiger partial charge in [-0.25, -0.2) is 0 Å². The fourth-order valence-electron chi connectivity index (χ4n) is 1.63. The number of carbonyl (C=O) groups excluding carboxylic acids is 1. The molecular weight excluding hydrogens is 212 g/mol. The maximum absolute atomic E-state index is 10.7. The highest BCUT2D eigenvalue weighted by Gasteiger charge is 2.01. The molecule has 1 aromatic carbocycles. The number of pyridine rings is 1. The summed E-state index contributed by atoms with van der Waals surface area (Å²) in [7, 11) is 4.01. The van der Waals surface area contributed by atoms with Crippen LogP contribution in [-0.2, 0) is 0 Å². The van der Waals surface area contributed by atoms with E-state index in [0.717, 1.165) is 23.1 Å². The van der Waals surface area contributed by atoms with Gasteiger partial charge in [0.2, 0.25) is 0 Å². The van der Waals surface area contributed by atoms with E-state index in [2.05, 4.69) is 4.98 Å². The number of aldehydes is 1. The van der Waals surface area contributed by atoms with E-state index in [1.807, 2.05) is 49.3 Å². The van der Waals surface area contributed by atoms with Gasteiger partial charge in [-0.05, 0) is 23.8 Å². The van der Waals surface area contributed by atoms with E-state index >= 15 is 0 Å². The first-order valence-electron chi connectivity index (χ1n) is 5.38. The average molecular weight is 226 g/mol. The molecule has 0 spiro atoms. The molecular formula is C14H14N2O. The molecule has 0 fully saturated rings. The minimum absolute atomic E-state index is 0.596. The first kappa shape index (κ1) is 11.3. The van der Waals surface area contributed by atoms with Gasteiger partial charge in [0.15, 0.2) is 6.29 Å². The SMILES string of the molecule is CN(C)c1ccc(-c2cncc(C=O)c2)cc1. The van der Waals surface area contributed by atoms with Crippen molar-refractivity contribution in [3.8, 4) is 11.1 Å². The van der Waals surface area contributed by atoms with Gasteiger partial charge in [0.25, 0.3) is 0 Å². The number of benzene rings is 1. The number of anilines is 1. The molecule has 3 nitrogen and oxygen atoms in total. The fraction of sp³-hybridized carbons (Fsp3) is 0.143. The molecule has 0 aliphatic heterocycles. The average Bonchev–Trinajstić information content (AvgIpc) is 2.39. The second-order valence-corrected chi connectivity index (χ2v) is 4.07. The Hall–Kier alpha value is -2.16. The minimum Gasteiger partial charge on any atom is -0.378 e. The summed E-state index contributed by atoms with van der Waals surface area (Å²) in [5.74, 6) is 0. The van der Waals surface area contributed by atoms with E-state index in [1.54, 1.807) is 12.4 Å². The smallest absolute Gasteiger partial charge is 0.151 e. The largest absolute Gasteiger partial charge is 0.378 e. The van der Waals surface area contributed by atoms with Crippen LogP contribution < -0.4 is 4.90 Å². The van der Waals surface area contributed by atoms with Crippen molar-refractivity contribution in [2.75, 3.05) is 19.0 Å². The normalized spacial score (nSPS) is 10.0. The Labute approximate surface area is 101 Å². The number of nitrogens with zero attached hydrogens (tertiary/aromatic N) is 2. The summed E-state index contributed by atoms with van der Waals surface area (Å²) in [6.45, 7) is 0. The van der Waals surface area contributed by atoms with Crippen LogP contribution in [0.1, 0.15) is 10.4 Å². The maximum atomic E-state index is 10.7. The van der Waals surface area contributed by atoms with Gasteiger partial charge in [-0.2, -0.15) is 0 Å². The van der Waals surface area contributed by atoms with E-state index < -0.39 is 0 Å². The van der Waals surface area contributed by atoms with Gasteiger partial charge in [-0.3, -0.25) is 9.78 Å². The van der Waals surface area contributed by atoms with Crippen LogP contribution in [0.15, 0.2) is 42.7 Å². The van der Waals surface area contributed by atoms with Crippen molar-refractivity contribution in [3.05, 3.63) is 48.3 Å². The predicted octanol–water partition coefficient (Wildman–Crippen LogP) is 2.63. The van der Waals surface area contributed by atoms with Crippen molar-refractivity contribution in [2.24, 2.45) is 0 Å². The molecule has 0 amide bonds. The minimum atomic E-state index is 0.596. The molecule has 86 valence electrons. The second kappa shape index (κ2) is 4.78. The van der Waals surface area contributed by atoms with Gasteiger partial charge in [-0.1, -0.05) is 12.1 Å². The molecule has 3 heteroatoms. The second-order valence-electron chi connectivity index (χ2n) is 4.07. The molecule has 0 atom stereocenters. The van der Waals surface area contributed by atoms with Crippen LogP contribution in [0.4, 0.5) is 5.69 Å². The molecule has 0 unspecified atom stereocenters. The van der Waals surface area contributed by atoms with Crippen molar-refractivity contribution in [1.82, 2.24) is 4.98 Å². The predicted molar refractivity (Wildman–Crippen MR) is 69.4 cm³/mol. The Morgan fingerprint density at radius 3 is 2.35 bits per heavy atom. The third-order valence-electron chi connectivity index (χ3n) is 2.61. The molecule has 17 heavy (non-hydrogen) atoms. The lowest BCUT2D eigenvalue weighted by Crippen LogP contribution is -2.07. The molecule has 2 rings (SSSR count). The van der Waals surface area contributed by atoms with Crippen LogP contribution in [0, 0.1) is 0 Å². The number of aromatic nitrogens is 1. The van der Waals surface area contributed by atoms with Gasteiger partial charge in [0.1, 0.15) is 0 Å². The summed E-state index contributed by atoms with van der Waals surface area (Å²) in [5.41, 5.74) is 3.76. The number of hydrogen-bond acceptors (Lipinski definition) is 3. The highest BCUT2D eigenvalue weighted by molar-refractivity contribution is 5.78. The van der Waals surface area contributed by atoms with Crippen LogP contribution in [0.2, 0.25) is 0 Å². The van der Waals surface area contributed by atoms with Crippen molar-refractivity contribution >= 4 is 12.0 Å². The Kier molecular flexibility index (Phi) is 3.19. The quantitative estimate of drug-likeness (QED) is 0.754. The molecule has 1 heterocycles. The van der Waals surface area contributed by atoms with E-state index in [4.69, 9.17) is 0 Å². The highest BCUT2D eigenvalue weighted by atomic mass is 16.1. The lowest BCUT2D eigenvalue weighted by atomic mass is 10.1. The summed E-state index contributed by atoms with van der Waals surface area (Å²) in [6, 6.07) is 9.98. The van der Waals surface area contributed by atoms with E-state index in [-0.39, 0.29) is 0 Å². The zero-order valence-corrected chi connectivity index (χ0v) is 9.92. The van der Waals surface area contributed by atoms with Crippen molar-refractivity contribution in [3.63, 3.8) is 0 Å². The summed E-state index contributed by atoms with van der Waals surface area (Å²) >= 11 is 0. The Bertz CT molecular complexity index is 518. The molecule has 0 saturated carbocycles. The molecule has 2 aromatic rings. The summed E-state index contributed by atoms with van der Waals surface area (Å²) in [5, 5.41) is 0. The lowest BCUT2D eigenvalue weighted by Gasteiger charge is -2.12. The Morgan fingerprint density at radius 2 is 1.76 bits per heavy atom. The third kappa shape index (κ3) is 2.50. The molecule has 0 N–H and O–H groups in total.